The first-order valence-corrected chi connectivity index (χ1v) is 9.59. The highest BCUT2D eigenvalue weighted by molar-refractivity contribution is 5.55. The molecule has 3 aromatic rings. The number of unbranched alkanes of at least 4 members (excludes halogenated alkanes) is 1. The zero-order valence-corrected chi connectivity index (χ0v) is 16.8. The van der Waals surface area contributed by atoms with Gasteiger partial charge in [0, 0.05) is 24.5 Å². The van der Waals surface area contributed by atoms with Crippen LogP contribution >= 0.6 is 0 Å². The van der Waals surface area contributed by atoms with E-state index in [4.69, 9.17) is 0 Å². The van der Waals surface area contributed by atoms with Crippen molar-refractivity contribution < 1.29 is 0 Å². The van der Waals surface area contributed by atoms with E-state index in [-0.39, 0.29) is 0 Å². The largest absolute Gasteiger partial charge is 0.331 e. The van der Waals surface area contributed by atoms with Crippen LogP contribution in [0.3, 0.4) is 0 Å². The monoisotopic (exact) mass is 350 g/mol. The van der Waals surface area contributed by atoms with Crippen LogP contribution in [0.25, 0.3) is 11.4 Å². The fourth-order valence-electron chi connectivity index (χ4n) is 2.13. The number of allylic oxidation sites excluding steroid dienone is 1. The van der Waals surface area contributed by atoms with Crippen LogP contribution in [-0.4, -0.2) is 9.55 Å². The van der Waals surface area contributed by atoms with E-state index in [1.807, 2.05) is 101 Å². The van der Waals surface area contributed by atoms with Gasteiger partial charge in [-0.2, -0.15) is 0 Å². The van der Waals surface area contributed by atoms with Crippen LogP contribution in [0.15, 0.2) is 91.8 Å². The lowest BCUT2D eigenvalue weighted by Gasteiger charge is -2.06. The van der Waals surface area contributed by atoms with E-state index >= 15 is 0 Å². The second-order valence-electron chi connectivity index (χ2n) is 4.90. The maximum absolute atomic E-state index is 4.40. The molecule has 0 saturated carbocycles. The molecule has 0 atom stereocenters. The highest BCUT2D eigenvalue weighted by Crippen LogP contribution is 2.17. The zero-order chi connectivity index (χ0) is 19.5. The van der Waals surface area contributed by atoms with Crippen molar-refractivity contribution in [3.63, 3.8) is 0 Å². The average molecular weight is 351 g/mol. The van der Waals surface area contributed by atoms with Crippen molar-refractivity contribution in [1.29, 1.82) is 0 Å². The van der Waals surface area contributed by atoms with Crippen LogP contribution in [0, 0.1) is 0 Å². The Kier molecular flexibility index (Phi) is 15.5. The minimum absolute atomic E-state index is 0.996. The molecule has 0 saturated heterocycles. The van der Waals surface area contributed by atoms with Crippen LogP contribution in [0.5, 0.6) is 0 Å². The Morgan fingerprint density at radius 2 is 1.35 bits per heavy atom. The first-order chi connectivity index (χ1) is 12.9. The van der Waals surface area contributed by atoms with Crippen molar-refractivity contribution in [1.82, 2.24) is 9.55 Å². The Balaban J connectivity index is 0.000000521. The lowest BCUT2D eigenvalue weighted by molar-refractivity contribution is 0.656. The van der Waals surface area contributed by atoms with Gasteiger partial charge in [0.1, 0.15) is 5.82 Å². The molecule has 0 spiro atoms. The molecule has 2 heteroatoms. The third-order valence-electron chi connectivity index (χ3n) is 3.22. The number of benzene rings is 2. The van der Waals surface area contributed by atoms with E-state index in [9.17, 15) is 0 Å². The molecule has 0 amide bonds. The Morgan fingerprint density at radius 3 is 1.85 bits per heavy atom. The molecule has 140 valence electrons. The number of hydrogen-bond acceptors (Lipinski definition) is 1. The van der Waals surface area contributed by atoms with Crippen molar-refractivity contribution >= 4 is 0 Å². The number of imidazole rings is 1. The highest BCUT2D eigenvalue weighted by Gasteiger charge is 2.03. The van der Waals surface area contributed by atoms with Crippen LogP contribution in [0.2, 0.25) is 0 Å². The fraction of sp³-hybridized carbons (Fsp3) is 0.292. The second kappa shape index (κ2) is 17.2. The van der Waals surface area contributed by atoms with Gasteiger partial charge in [0.25, 0.3) is 0 Å². The van der Waals surface area contributed by atoms with Gasteiger partial charge in [0.15, 0.2) is 0 Å². The van der Waals surface area contributed by atoms with Crippen molar-refractivity contribution in [3.8, 4) is 11.4 Å². The molecule has 0 unspecified atom stereocenters. The molecule has 2 nitrogen and oxygen atoms in total. The summed E-state index contributed by atoms with van der Waals surface area (Å²) in [5.74, 6) is 1.05. The van der Waals surface area contributed by atoms with Crippen molar-refractivity contribution in [2.24, 2.45) is 0 Å². The summed E-state index contributed by atoms with van der Waals surface area (Å²) < 4.78 is 2.19. The number of nitrogens with zero attached hydrogens (tertiary/aromatic N) is 2. The van der Waals surface area contributed by atoms with Crippen LogP contribution in [-0.2, 0) is 6.54 Å². The molecular weight excluding hydrogens is 316 g/mol. The molecule has 1 aromatic heterocycles. The molecule has 0 fully saturated rings. The normalized spacial score (nSPS) is 8.62. The molecule has 2 aromatic carbocycles. The second-order valence-corrected chi connectivity index (χ2v) is 4.90. The zero-order valence-electron chi connectivity index (χ0n) is 16.8. The van der Waals surface area contributed by atoms with E-state index in [0.29, 0.717) is 0 Å². The summed E-state index contributed by atoms with van der Waals surface area (Å²) >= 11 is 0. The molecule has 3 rings (SSSR count). The van der Waals surface area contributed by atoms with E-state index < -0.39 is 0 Å². The van der Waals surface area contributed by atoms with Gasteiger partial charge < -0.3 is 4.57 Å². The summed E-state index contributed by atoms with van der Waals surface area (Å²) in [6, 6.07) is 22.3. The van der Waals surface area contributed by atoms with Gasteiger partial charge in [-0.3, -0.25) is 0 Å². The quantitative estimate of drug-likeness (QED) is 0.350. The summed E-state index contributed by atoms with van der Waals surface area (Å²) in [5.41, 5.74) is 1.17. The minimum Gasteiger partial charge on any atom is -0.331 e. The molecule has 0 radical (unpaired) electrons. The Hall–Kier alpha value is -2.61. The van der Waals surface area contributed by atoms with E-state index in [1.165, 1.54) is 5.56 Å². The van der Waals surface area contributed by atoms with Crippen molar-refractivity contribution in [3.05, 3.63) is 91.8 Å². The summed E-state index contributed by atoms with van der Waals surface area (Å²) in [5, 5.41) is 0. The Morgan fingerprint density at radius 1 is 0.846 bits per heavy atom. The summed E-state index contributed by atoms with van der Waals surface area (Å²) in [4.78, 5) is 4.40. The fourth-order valence-corrected chi connectivity index (χ4v) is 2.13. The third-order valence-corrected chi connectivity index (χ3v) is 3.22. The van der Waals surface area contributed by atoms with E-state index in [1.54, 1.807) is 0 Å². The SMILES string of the molecule is C=CCCCn1ccnc1-c1ccccc1.CC.CC.c1ccccc1. The van der Waals surface area contributed by atoms with Crippen LogP contribution in [0.4, 0.5) is 0 Å². The molecular formula is C24H34N2. The lowest BCUT2D eigenvalue weighted by atomic mass is 10.2. The Labute approximate surface area is 160 Å². The van der Waals surface area contributed by atoms with Gasteiger partial charge in [0.2, 0.25) is 0 Å². The first-order valence-electron chi connectivity index (χ1n) is 9.59. The highest BCUT2D eigenvalue weighted by atomic mass is 15.1. The predicted molar refractivity (Wildman–Crippen MR) is 116 cm³/mol. The predicted octanol–water partition coefficient (Wildman–Crippen LogP) is 7.26. The molecule has 0 N–H and O–H groups in total. The molecule has 0 bridgehead atoms. The van der Waals surface area contributed by atoms with Gasteiger partial charge in [-0.25, -0.2) is 4.98 Å². The standard InChI is InChI=1S/C14H16N2.C6H6.2C2H6/c1-2-3-7-11-16-12-10-15-14(16)13-8-5-4-6-9-13;1-2-4-6-5-3-1;2*1-2/h2,4-6,8-10,12H,1,3,7,11H2;1-6H;2*1-2H3. The number of hydrogen-bond donors (Lipinski definition) is 0. The van der Waals surface area contributed by atoms with Gasteiger partial charge in [-0.1, -0.05) is 101 Å². The molecule has 0 aliphatic heterocycles. The van der Waals surface area contributed by atoms with E-state index in [2.05, 4.69) is 28.3 Å². The smallest absolute Gasteiger partial charge is 0.139 e. The third kappa shape index (κ3) is 9.63. The van der Waals surface area contributed by atoms with Gasteiger partial charge in [-0.05, 0) is 12.8 Å². The number of aryl methyl sites for hydroxylation is 1. The number of aromatic nitrogens is 2. The first kappa shape index (κ1) is 23.4. The van der Waals surface area contributed by atoms with Gasteiger partial charge >= 0.3 is 0 Å². The maximum Gasteiger partial charge on any atom is 0.139 e. The minimum atomic E-state index is 0.996. The average Bonchev–Trinajstić information content (AvgIpc) is 3.22. The molecule has 1 heterocycles. The topological polar surface area (TPSA) is 17.8 Å². The number of rotatable bonds is 5. The maximum atomic E-state index is 4.40. The van der Waals surface area contributed by atoms with Gasteiger partial charge in [-0.15, -0.1) is 6.58 Å². The summed E-state index contributed by atoms with van der Waals surface area (Å²) in [6.45, 7) is 12.7. The molecule has 0 aliphatic carbocycles. The molecule has 0 aliphatic rings. The van der Waals surface area contributed by atoms with Crippen LogP contribution in [0.1, 0.15) is 40.5 Å². The summed E-state index contributed by atoms with van der Waals surface area (Å²) in [7, 11) is 0. The Bertz CT molecular complexity index is 616. The molecule has 26 heavy (non-hydrogen) atoms. The van der Waals surface area contributed by atoms with Gasteiger partial charge in [0.05, 0.1) is 0 Å². The summed E-state index contributed by atoms with van der Waals surface area (Å²) in [6.07, 6.45) is 8.01. The van der Waals surface area contributed by atoms with E-state index in [0.717, 1.165) is 25.2 Å². The van der Waals surface area contributed by atoms with Crippen molar-refractivity contribution in [2.75, 3.05) is 0 Å². The lowest BCUT2D eigenvalue weighted by Crippen LogP contribution is -1.99. The van der Waals surface area contributed by atoms with Crippen LogP contribution < -0.4 is 0 Å². The van der Waals surface area contributed by atoms with Crippen molar-refractivity contribution in [2.45, 2.75) is 47.1 Å².